The number of anilines is 1. The van der Waals surface area contributed by atoms with Gasteiger partial charge in [-0.3, -0.25) is 10.3 Å². The second-order valence-electron chi connectivity index (χ2n) is 8.06. The third-order valence-electron chi connectivity index (χ3n) is 5.66. The first-order valence-corrected chi connectivity index (χ1v) is 11.2. The number of piperidine rings is 1. The molecule has 1 aliphatic heterocycles. The van der Waals surface area contributed by atoms with Crippen LogP contribution in [0.5, 0.6) is 17.2 Å². The largest absolute Gasteiger partial charge is 0.492 e. The predicted octanol–water partition coefficient (Wildman–Crippen LogP) is 5.38. The summed E-state index contributed by atoms with van der Waals surface area (Å²) in [7, 11) is 0. The Kier molecular flexibility index (Phi) is 7.40. The average molecular weight is 464 g/mol. The van der Waals surface area contributed by atoms with E-state index in [0.29, 0.717) is 34.6 Å². The summed E-state index contributed by atoms with van der Waals surface area (Å²) in [6, 6.07) is 10.9. The molecule has 0 saturated carbocycles. The summed E-state index contributed by atoms with van der Waals surface area (Å²) >= 11 is 0. The number of aromatic nitrogens is 1. The summed E-state index contributed by atoms with van der Waals surface area (Å²) in [6.45, 7) is 3.75. The summed E-state index contributed by atoms with van der Waals surface area (Å²) in [5.74, 6) is 0.263. The summed E-state index contributed by atoms with van der Waals surface area (Å²) < 4.78 is 25.9. The smallest absolute Gasteiger partial charge is 0.409 e. The molecule has 9 heteroatoms. The summed E-state index contributed by atoms with van der Waals surface area (Å²) in [4.78, 5) is 17.5. The van der Waals surface area contributed by atoms with Gasteiger partial charge < -0.3 is 19.5 Å². The standard InChI is InChI=1S/C25H25FN4O4/c26-20-14-18(5-6-21(20)29-25(31)32)34-23-7-8-28-22-15-24(17(16-27)13-19(22)23)33-12-4-11-30-9-2-1-3-10-30/h5-8,13-15,29H,1-4,9-12H2,(H,31,32). The third-order valence-corrected chi connectivity index (χ3v) is 5.66. The second kappa shape index (κ2) is 10.8. The van der Waals surface area contributed by atoms with E-state index in [-0.39, 0.29) is 11.4 Å². The highest BCUT2D eigenvalue weighted by Gasteiger charge is 2.14. The maximum absolute atomic E-state index is 14.2. The van der Waals surface area contributed by atoms with Gasteiger partial charge in [0.2, 0.25) is 0 Å². The van der Waals surface area contributed by atoms with Crippen molar-refractivity contribution in [3.05, 3.63) is 54.0 Å². The molecule has 1 amide bonds. The molecule has 2 N–H and O–H groups in total. The Morgan fingerprint density at radius 1 is 1.18 bits per heavy atom. The highest BCUT2D eigenvalue weighted by atomic mass is 19.1. The lowest BCUT2D eigenvalue weighted by Crippen LogP contribution is -2.31. The molecule has 0 aliphatic carbocycles. The van der Waals surface area contributed by atoms with E-state index in [0.717, 1.165) is 32.1 Å². The number of nitriles is 1. The van der Waals surface area contributed by atoms with Gasteiger partial charge in [-0.25, -0.2) is 9.18 Å². The minimum atomic E-state index is -1.36. The van der Waals surface area contributed by atoms with Gasteiger partial charge in [0.15, 0.2) is 5.82 Å². The quantitative estimate of drug-likeness (QED) is 0.431. The van der Waals surface area contributed by atoms with Crippen molar-refractivity contribution in [1.29, 1.82) is 5.26 Å². The number of nitrogens with one attached hydrogen (secondary N) is 1. The third kappa shape index (κ3) is 5.71. The number of hydrogen-bond acceptors (Lipinski definition) is 6. The molecule has 1 fully saturated rings. The van der Waals surface area contributed by atoms with Crippen LogP contribution in [-0.2, 0) is 0 Å². The molecule has 0 atom stereocenters. The van der Waals surface area contributed by atoms with Gasteiger partial charge in [-0.15, -0.1) is 0 Å². The number of nitrogens with zero attached hydrogens (tertiary/aromatic N) is 3. The molecule has 176 valence electrons. The molecule has 1 aromatic heterocycles. The minimum Gasteiger partial charge on any atom is -0.492 e. The van der Waals surface area contributed by atoms with Crippen molar-refractivity contribution in [2.75, 3.05) is 31.6 Å². The first-order valence-electron chi connectivity index (χ1n) is 11.2. The van der Waals surface area contributed by atoms with Gasteiger partial charge in [-0.05, 0) is 56.6 Å². The molecule has 1 saturated heterocycles. The van der Waals surface area contributed by atoms with Crippen LogP contribution in [0.25, 0.3) is 10.9 Å². The zero-order chi connectivity index (χ0) is 23.9. The fourth-order valence-corrected chi connectivity index (χ4v) is 4.00. The second-order valence-corrected chi connectivity index (χ2v) is 8.06. The number of carboxylic acid groups (broad SMARTS) is 1. The predicted molar refractivity (Wildman–Crippen MR) is 125 cm³/mol. The number of pyridine rings is 1. The molecule has 34 heavy (non-hydrogen) atoms. The first-order chi connectivity index (χ1) is 16.5. The van der Waals surface area contributed by atoms with Crippen LogP contribution >= 0.6 is 0 Å². The Morgan fingerprint density at radius 3 is 2.74 bits per heavy atom. The number of amides is 1. The van der Waals surface area contributed by atoms with E-state index in [9.17, 15) is 14.4 Å². The lowest BCUT2D eigenvalue weighted by atomic mass is 10.1. The lowest BCUT2D eigenvalue weighted by Gasteiger charge is -2.26. The number of halogens is 1. The number of fused-ring (bicyclic) bond motifs is 1. The normalized spacial score (nSPS) is 13.9. The molecule has 1 aliphatic rings. The summed E-state index contributed by atoms with van der Waals surface area (Å²) in [5, 5.41) is 21.0. The number of likely N-dealkylation sites (tertiary alicyclic amines) is 1. The number of rotatable bonds is 8. The van der Waals surface area contributed by atoms with Crippen LogP contribution in [0.1, 0.15) is 31.2 Å². The zero-order valence-electron chi connectivity index (χ0n) is 18.6. The molecular formula is C25H25FN4O4. The van der Waals surface area contributed by atoms with Crippen LogP contribution in [0.4, 0.5) is 14.9 Å². The van der Waals surface area contributed by atoms with Crippen molar-refractivity contribution in [2.24, 2.45) is 0 Å². The van der Waals surface area contributed by atoms with Crippen molar-refractivity contribution < 1.29 is 23.8 Å². The van der Waals surface area contributed by atoms with E-state index in [1.54, 1.807) is 24.4 Å². The van der Waals surface area contributed by atoms with Crippen LogP contribution in [0.2, 0.25) is 0 Å². The van der Waals surface area contributed by atoms with Crippen molar-refractivity contribution in [2.45, 2.75) is 25.7 Å². The number of ether oxygens (including phenoxy) is 2. The topological polar surface area (TPSA) is 108 Å². The number of benzene rings is 2. The molecular weight excluding hydrogens is 439 g/mol. The van der Waals surface area contributed by atoms with Crippen molar-refractivity contribution in [1.82, 2.24) is 9.88 Å². The van der Waals surface area contributed by atoms with Gasteiger partial charge in [0.25, 0.3) is 0 Å². The Morgan fingerprint density at radius 2 is 2.00 bits per heavy atom. The Hall–Kier alpha value is -3.90. The molecule has 0 radical (unpaired) electrons. The van der Waals surface area contributed by atoms with E-state index in [1.807, 2.05) is 5.32 Å². The van der Waals surface area contributed by atoms with Gasteiger partial charge in [-0.1, -0.05) is 6.42 Å². The highest BCUT2D eigenvalue weighted by Crippen LogP contribution is 2.34. The van der Waals surface area contributed by atoms with Crippen molar-refractivity contribution >= 4 is 22.7 Å². The van der Waals surface area contributed by atoms with E-state index >= 15 is 0 Å². The maximum Gasteiger partial charge on any atom is 0.409 e. The van der Waals surface area contributed by atoms with Crippen LogP contribution in [0.15, 0.2) is 42.6 Å². The van der Waals surface area contributed by atoms with Gasteiger partial charge in [0, 0.05) is 30.3 Å². The van der Waals surface area contributed by atoms with E-state index in [2.05, 4.69) is 16.0 Å². The summed E-state index contributed by atoms with van der Waals surface area (Å²) in [6.07, 6.45) is 4.86. The molecule has 8 nitrogen and oxygen atoms in total. The fraction of sp³-hybridized carbons (Fsp3) is 0.320. The van der Waals surface area contributed by atoms with Crippen LogP contribution in [0, 0.1) is 17.1 Å². The van der Waals surface area contributed by atoms with E-state index in [1.165, 1.54) is 31.4 Å². The molecule has 0 spiro atoms. The van der Waals surface area contributed by atoms with Gasteiger partial charge in [0.05, 0.1) is 23.4 Å². The molecule has 0 unspecified atom stereocenters. The molecule has 4 rings (SSSR count). The Balaban J connectivity index is 1.48. The number of carbonyl (C=O) groups is 1. The fourth-order valence-electron chi connectivity index (χ4n) is 4.00. The monoisotopic (exact) mass is 464 g/mol. The maximum atomic E-state index is 14.2. The van der Waals surface area contributed by atoms with Crippen LogP contribution in [-0.4, -0.2) is 47.3 Å². The Labute approximate surface area is 196 Å². The minimum absolute atomic E-state index is 0.173. The summed E-state index contributed by atoms with van der Waals surface area (Å²) in [5.41, 5.74) is 0.760. The molecule has 2 aromatic carbocycles. The SMILES string of the molecule is N#Cc1cc2c(Oc3ccc(NC(=O)O)c(F)c3)ccnc2cc1OCCCN1CCCCC1. The van der Waals surface area contributed by atoms with Crippen molar-refractivity contribution in [3.8, 4) is 23.3 Å². The van der Waals surface area contributed by atoms with Gasteiger partial charge in [0.1, 0.15) is 23.3 Å². The molecule has 0 bridgehead atoms. The average Bonchev–Trinajstić information content (AvgIpc) is 2.83. The van der Waals surface area contributed by atoms with Crippen LogP contribution < -0.4 is 14.8 Å². The zero-order valence-corrected chi connectivity index (χ0v) is 18.6. The number of hydrogen-bond donors (Lipinski definition) is 2. The van der Waals surface area contributed by atoms with E-state index < -0.39 is 11.9 Å². The van der Waals surface area contributed by atoms with Gasteiger partial charge >= 0.3 is 6.09 Å². The highest BCUT2D eigenvalue weighted by molar-refractivity contribution is 5.88. The van der Waals surface area contributed by atoms with Crippen LogP contribution in [0.3, 0.4) is 0 Å². The lowest BCUT2D eigenvalue weighted by molar-refractivity contribution is 0.205. The molecule has 2 heterocycles. The Bertz CT molecular complexity index is 1220. The van der Waals surface area contributed by atoms with Gasteiger partial charge in [-0.2, -0.15) is 5.26 Å². The van der Waals surface area contributed by atoms with Crippen molar-refractivity contribution in [3.63, 3.8) is 0 Å². The van der Waals surface area contributed by atoms with E-state index in [4.69, 9.17) is 14.6 Å². The molecule has 3 aromatic rings. The first kappa shape index (κ1) is 23.3.